The van der Waals surface area contributed by atoms with Crippen molar-refractivity contribution in [2.45, 2.75) is 103 Å². The molecule has 290 valence electrons. The molecule has 0 radical (unpaired) electrons. The van der Waals surface area contributed by atoms with Crippen LogP contribution >= 0.6 is 0 Å². The summed E-state index contributed by atoms with van der Waals surface area (Å²) in [6.07, 6.45) is -0.707. The second-order valence-electron chi connectivity index (χ2n) is 13.7. The quantitative estimate of drug-likeness (QED) is 0.0704. The van der Waals surface area contributed by atoms with Crippen molar-refractivity contribution < 1.29 is 54.0 Å². The van der Waals surface area contributed by atoms with Crippen molar-refractivity contribution in [2.24, 2.45) is 17.6 Å². The monoisotopic (exact) mass is 735 g/mol. The molecule has 1 aliphatic heterocycles. The van der Waals surface area contributed by atoms with Gasteiger partial charge in [0, 0.05) is 13.0 Å². The Hall–Kier alpha value is -4.81. The van der Waals surface area contributed by atoms with Crippen molar-refractivity contribution in [3.63, 3.8) is 0 Å². The molecule has 52 heavy (non-hydrogen) atoms. The number of aromatic hydroxyl groups is 1. The van der Waals surface area contributed by atoms with Crippen molar-refractivity contribution in [2.75, 3.05) is 19.7 Å². The van der Waals surface area contributed by atoms with Gasteiger partial charge in [-0.2, -0.15) is 0 Å². The highest BCUT2D eigenvalue weighted by Gasteiger charge is 2.37. The van der Waals surface area contributed by atoms with Crippen LogP contribution < -0.4 is 32.3 Å². The Kier molecular flexibility index (Phi) is 16.9. The molecule has 1 aromatic rings. The van der Waals surface area contributed by atoms with E-state index in [1.165, 1.54) is 19.1 Å². The van der Waals surface area contributed by atoms with E-state index in [0.29, 0.717) is 12.0 Å². The van der Waals surface area contributed by atoms with E-state index in [0.717, 1.165) is 4.90 Å². The zero-order valence-corrected chi connectivity index (χ0v) is 30.1. The Morgan fingerprint density at radius 3 is 1.98 bits per heavy atom. The van der Waals surface area contributed by atoms with E-state index in [-0.39, 0.29) is 43.4 Å². The molecule has 7 atom stereocenters. The lowest BCUT2D eigenvalue weighted by molar-refractivity contribution is -0.145. The summed E-state index contributed by atoms with van der Waals surface area (Å²) < 4.78 is 0. The lowest BCUT2D eigenvalue weighted by Gasteiger charge is -2.28. The Bertz CT molecular complexity index is 1420. The van der Waals surface area contributed by atoms with E-state index in [1.807, 2.05) is 0 Å². The number of phenols is 1. The lowest BCUT2D eigenvalue weighted by atomic mass is 9.99. The predicted octanol–water partition coefficient (Wildman–Crippen LogP) is -2.53. The molecule has 1 fully saturated rings. The number of hydrogen-bond donors (Lipinski definition) is 10. The number of carbonyl (C=O) groups excluding carboxylic acids is 6. The SMILES string of the molecule is CC(C)C[C@H](NC(=O)[C@H](Cc1ccc(O)cc1)NC(=O)[C@@H](N)C(C)C)C(=O)N[C@H](C(=O)NCC(=O)N1CCC[C@H]1C(=O)N[C@@H](CO)C(=O)O)[C@@H](C)O. The Morgan fingerprint density at radius 2 is 1.44 bits per heavy atom. The van der Waals surface area contributed by atoms with Gasteiger partial charge < -0.3 is 57.6 Å². The molecule has 0 saturated carbocycles. The van der Waals surface area contributed by atoms with Crippen molar-refractivity contribution in [3.8, 4) is 5.75 Å². The van der Waals surface area contributed by atoms with Crippen molar-refractivity contribution in [1.29, 1.82) is 0 Å². The van der Waals surface area contributed by atoms with Gasteiger partial charge >= 0.3 is 5.97 Å². The summed E-state index contributed by atoms with van der Waals surface area (Å²) in [6.45, 7) is 7.00. The fourth-order valence-electron chi connectivity index (χ4n) is 5.45. The van der Waals surface area contributed by atoms with Crippen LogP contribution in [0.2, 0.25) is 0 Å². The molecule has 0 spiro atoms. The van der Waals surface area contributed by atoms with Gasteiger partial charge in [-0.05, 0) is 55.7 Å². The third-order valence-corrected chi connectivity index (χ3v) is 8.52. The maximum Gasteiger partial charge on any atom is 0.328 e. The number of aliphatic hydroxyl groups is 2. The molecule has 0 unspecified atom stereocenters. The molecular formula is C34H53N7O11. The number of rotatable bonds is 19. The number of aliphatic carboxylic acids is 1. The van der Waals surface area contributed by atoms with Gasteiger partial charge in [-0.1, -0.05) is 39.8 Å². The lowest BCUT2D eigenvalue weighted by Crippen LogP contribution is -2.60. The summed E-state index contributed by atoms with van der Waals surface area (Å²) in [7, 11) is 0. The van der Waals surface area contributed by atoms with Crippen molar-refractivity contribution >= 4 is 41.4 Å². The number of aliphatic hydroxyl groups excluding tert-OH is 2. The van der Waals surface area contributed by atoms with E-state index >= 15 is 0 Å². The van der Waals surface area contributed by atoms with Crippen LogP contribution in [-0.2, 0) is 40.0 Å². The average molecular weight is 736 g/mol. The van der Waals surface area contributed by atoms with Gasteiger partial charge in [-0.15, -0.1) is 0 Å². The molecule has 0 aliphatic carbocycles. The molecule has 1 aliphatic rings. The zero-order valence-electron chi connectivity index (χ0n) is 30.1. The molecule has 18 nitrogen and oxygen atoms in total. The first-order valence-electron chi connectivity index (χ1n) is 17.2. The molecule has 0 bridgehead atoms. The maximum absolute atomic E-state index is 13.6. The van der Waals surface area contributed by atoms with Crippen LogP contribution in [0.1, 0.15) is 59.4 Å². The number of nitrogens with one attached hydrogen (secondary N) is 5. The molecule has 18 heteroatoms. The van der Waals surface area contributed by atoms with Crippen molar-refractivity contribution in [1.82, 2.24) is 31.5 Å². The molecule has 1 aromatic carbocycles. The number of phenolic OH excluding ortho intramolecular Hbond substituents is 1. The first-order valence-corrected chi connectivity index (χ1v) is 17.2. The Balaban J connectivity index is 2.16. The molecule has 11 N–H and O–H groups in total. The van der Waals surface area contributed by atoms with Crippen LogP contribution in [0.15, 0.2) is 24.3 Å². The topological polar surface area (TPSA) is 290 Å². The van der Waals surface area contributed by atoms with Gasteiger partial charge in [0.05, 0.1) is 25.3 Å². The summed E-state index contributed by atoms with van der Waals surface area (Å²) in [4.78, 5) is 91.3. The fraction of sp³-hybridized carbons (Fsp3) is 0.618. The van der Waals surface area contributed by atoms with Gasteiger partial charge in [-0.3, -0.25) is 28.8 Å². The highest BCUT2D eigenvalue weighted by molar-refractivity contribution is 5.96. The Labute approximate surface area is 302 Å². The molecule has 2 rings (SSSR count). The van der Waals surface area contributed by atoms with Gasteiger partial charge in [0.1, 0.15) is 36.0 Å². The number of nitrogens with zero attached hydrogens (tertiary/aromatic N) is 1. The van der Waals surface area contributed by atoms with E-state index in [2.05, 4.69) is 26.6 Å². The number of carbonyl (C=O) groups is 7. The number of benzene rings is 1. The fourth-order valence-corrected chi connectivity index (χ4v) is 5.45. The minimum Gasteiger partial charge on any atom is -0.508 e. The van der Waals surface area contributed by atoms with E-state index in [9.17, 15) is 48.9 Å². The maximum atomic E-state index is 13.6. The molecule has 0 aromatic heterocycles. The number of hydrogen-bond acceptors (Lipinski definition) is 11. The standard InChI is InChI=1S/C34H53N7O11/c1-17(2)13-22(37-29(46)23(38-32(49)27(35)18(3)4)14-20-8-10-21(44)11-9-20)30(47)40-28(19(5)43)33(50)36-15-26(45)41-12-6-7-25(41)31(48)39-24(16-42)34(51)52/h8-11,17-19,22-25,27-28,42-44H,6-7,12-16,35H2,1-5H3,(H,36,50)(H,37,46)(H,38,49)(H,39,48)(H,40,47)(H,51,52)/t19-,22+,23+,24+,25+,27+,28+/m1/s1. The van der Waals surface area contributed by atoms with Gasteiger partial charge in [0.25, 0.3) is 0 Å². The minimum absolute atomic E-state index is 0.00270. The number of amides is 6. The Morgan fingerprint density at radius 1 is 0.846 bits per heavy atom. The average Bonchev–Trinajstić information content (AvgIpc) is 3.58. The number of likely N-dealkylation sites (tertiary alicyclic amines) is 1. The van der Waals surface area contributed by atoms with Gasteiger partial charge in [-0.25, -0.2) is 4.79 Å². The molecule has 1 heterocycles. The summed E-state index contributed by atoms with van der Waals surface area (Å²) in [5.41, 5.74) is 6.60. The highest BCUT2D eigenvalue weighted by atomic mass is 16.4. The normalized spacial score (nSPS) is 17.7. The molecule has 6 amide bonds. The summed E-state index contributed by atoms with van der Waals surface area (Å²) in [6, 6.07) is -1.50. The third kappa shape index (κ3) is 13.1. The molecule has 1 saturated heterocycles. The van der Waals surface area contributed by atoms with E-state index in [1.54, 1.807) is 39.8 Å². The van der Waals surface area contributed by atoms with Gasteiger partial charge in [0.15, 0.2) is 0 Å². The van der Waals surface area contributed by atoms with E-state index in [4.69, 9.17) is 10.8 Å². The van der Waals surface area contributed by atoms with Gasteiger partial charge in [0.2, 0.25) is 35.4 Å². The summed E-state index contributed by atoms with van der Waals surface area (Å²) >= 11 is 0. The van der Waals surface area contributed by atoms with Crippen LogP contribution in [0.5, 0.6) is 5.75 Å². The van der Waals surface area contributed by atoms with Crippen molar-refractivity contribution in [3.05, 3.63) is 29.8 Å². The predicted molar refractivity (Wildman–Crippen MR) is 186 cm³/mol. The number of nitrogens with two attached hydrogens (primary N) is 1. The van der Waals surface area contributed by atoms with Crippen LogP contribution in [0.3, 0.4) is 0 Å². The minimum atomic E-state index is -1.57. The van der Waals surface area contributed by atoms with E-state index < -0.39 is 96.9 Å². The van der Waals surface area contributed by atoms with Crippen LogP contribution in [0.25, 0.3) is 0 Å². The first-order chi connectivity index (χ1) is 24.4. The zero-order chi connectivity index (χ0) is 39.3. The largest absolute Gasteiger partial charge is 0.508 e. The summed E-state index contributed by atoms with van der Waals surface area (Å²) in [5, 5.41) is 50.7. The first kappa shape index (κ1) is 43.4. The second-order valence-corrected chi connectivity index (χ2v) is 13.7. The summed E-state index contributed by atoms with van der Waals surface area (Å²) in [5.74, 6) is -6.35. The van der Waals surface area contributed by atoms with Crippen LogP contribution in [0, 0.1) is 11.8 Å². The number of carboxylic acid groups (broad SMARTS) is 1. The molecular weight excluding hydrogens is 682 g/mol. The van der Waals surface area contributed by atoms with Crippen LogP contribution in [-0.4, -0.2) is 129 Å². The highest BCUT2D eigenvalue weighted by Crippen LogP contribution is 2.18. The third-order valence-electron chi connectivity index (χ3n) is 8.52. The van der Waals surface area contributed by atoms with Crippen LogP contribution in [0.4, 0.5) is 0 Å². The smallest absolute Gasteiger partial charge is 0.328 e. The second kappa shape index (κ2) is 20.3. The number of carboxylic acids is 1.